The van der Waals surface area contributed by atoms with E-state index in [-0.39, 0.29) is 5.75 Å². The van der Waals surface area contributed by atoms with E-state index in [1.165, 1.54) is 11.8 Å². The van der Waals surface area contributed by atoms with Gasteiger partial charge >= 0.3 is 0 Å². The molecule has 96 valence electrons. The molecule has 0 saturated heterocycles. The van der Waals surface area contributed by atoms with Gasteiger partial charge in [-0.15, -0.1) is 0 Å². The molecule has 1 aromatic heterocycles. The first kappa shape index (κ1) is 12.6. The van der Waals surface area contributed by atoms with Crippen LogP contribution in [-0.4, -0.2) is 22.0 Å². The van der Waals surface area contributed by atoms with Crippen molar-refractivity contribution in [1.82, 2.24) is 9.78 Å². The van der Waals surface area contributed by atoms with Crippen LogP contribution in [0.2, 0.25) is 5.02 Å². The molecule has 0 amide bonds. The largest absolute Gasteiger partial charge is 0.507 e. The van der Waals surface area contributed by atoms with Gasteiger partial charge in [0.25, 0.3) is 0 Å². The summed E-state index contributed by atoms with van der Waals surface area (Å²) in [6.45, 7) is 1.73. The van der Waals surface area contributed by atoms with Gasteiger partial charge in [0, 0.05) is 24.2 Å². The lowest BCUT2D eigenvalue weighted by atomic mass is 10.1. The number of hydrogen-bond donors (Lipinski definition) is 2. The number of anilines is 1. The number of hydrogen-bond acceptors (Lipinski definition) is 4. The number of ether oxygens (including phenoxy) is 1. The van der Waals surface area contributed by atoms with Crippen molar-refractivity contribution < 1.29 is 9.84 Å². The summed E-state index contributed by atoms with van der Waals surface area (Å²) in [7, 11) is 3.24. The van der Waals surface area contributed by atoms with Gasteiger partial charge in [-0.2, -0.15) is 5.10 Å². The van der Waals surface area contributed by atoms with Crippen LogP contribution in [0.3, 0.4) is 0 Å². The van der Waals surface area contributed by atoms with Crippen LogP contribution in [0.15, 0.2) is 12.1 Å². The van der Waals surface area contributed by atoms with Crippen molar-refractivity contribution in [3.05, 3.63) is 22.7 Å². The molecule has 0 atom stereocenters. The number of rotatable bonds is 2. The summed E-state index contributed by atoms with van der Waals surface area (Å²) in [5.74, 6) is 1.06. The van der Waals surface area contributed by atoms with Gasteiger partial charge in [-0.25, -0.2) is 0 Å². The quantitative estimate of drug-likeness (QED) is 0.876. The molecular weight excluding hydrogens is 254 g/mol. The van der Waals surface area contributed by atoms with Crippen LogP contribution in [0.5, 0.6) is 11.5 Å². The third-order valence-electron chi connectivity index (χ3n) is 2.83. The van der Waals surface area contributed by atoms with Gasteiger partial charge < -0.3 is 15.6 Å². The molecule has 0 unspecified atom stereocenters. The first-order valence-corrected chi connectivity index (χ1v) is 5.69. The van der Waals surface area contributed by atoms with E-state index in [1.54, 1.807) is 26.1 Å². The number of nitrogens with zero attached hydrogens (tertiary/aromatic N) is 2. The minimum atomic E-state index is 0.0920. The second-order valence-corrected chi connectivity index (χ2v) is 4.40. The molecule has 0 radical (unpaired) electrons. The molecule has 6 heteroatoms. The monoisotopic (exact) mass is 267 g/mol. The molecule has 18 heavy (non-hydrogen) atoms. The SMILES string of the molecule is COc1c(Cl)cc(-c2cc(N)n(C)n2)c(O)c1C. The van der Waals surface area contributed by atoms with Crippen LogP contribution < -0.4 is 10.5 Å². The van der Waals surface area contributed by atoms with Crippen LogP contribution in [0.1, 0.15) is 5.56 Å². The highest BCUT2D eigenvalue weighted by molar-refractivity contribution is 6.32. The van der Waals surface area contributed by atoms with Crippen molar-refractivity contribution in [2.75, 3.05) is 12.8 Å². The number of aryl methyl sites for hydroxylation is 1. The lowest BCUT2D eigenvalue weighted by molar-refractivity contribution is 0.403. The van der Waals surface area contributed by atoms with E-state index in [9.17, 15) is 5.11 Å². The fraction of sp³-hybridized carbons (Fsp3) is 0.250. The van der Waals surface area contributed by atoms with Crippen LogP contribution >= 0.6 is 11.6 Å². The van der Waals surface area contributed by atoms with Crippen molar-refractivity contribution in [2.24, 2.45) is 7.05 Å². The van der Waals surface area contributed by atoms with E-state index in [1.807, 2.05) is 0 Å². The van der Waals surface area contributed by atoms with E-state index in [0.29, 0.717) is 33.4 Å². The molecule has 3 N–H and O–H groups in total. The average molecular weight is 268 g/mol. The summed E-state index contributed by atoms with van der Waals surface area (Å²) in [6, 6.07) is 3.29. The van der Waals surface area contributed by atoms with Crippen molar-refractivity contribution in [1.29, 1.82) is 0 Å². The Morgan fingerprint density at radius 2 is 2.11 bits per heavy atom. The Balaban J connectivity index is 2.66. The molecular formula is C12H14ClN3O2. The lowest BCUT2D eigenvalue weighted by Gasteiger charge is -2.11. The van der Waals surface area contributed by atoms with Crippen molar-refractivity contribution in [2.45, 2.75) is 6.92 Å². The molecule has 5 nitrogen and oxygen atoms in total. The Hall–Kier alpha value is -1.88. The summed E-state index contributed by atoms with van der Waals surface area (Å²) < 4.78 is 6.66. The van der Waals surface area contributed by atoms with Gasteiger partial charge in [-0.3, -0.25) is 4.68 Å². The maximum absolute atomic E-state index is 10.2. The third-order valence-corrected chi connectivity index (χ3v) is 3.12. The first-order chi connectivity index (χ1) is 8.45. The van der Waals surface area contributed by atoms with E-state index < -0.39 is 0 Å². The number of methoxy groups -OCH3 is 1. The standard InChI is InChI=1S/C12H14ClN3O2/c1-6-11(17)7(4-8(13)12(6)18-3)9-5-10(14)16(2)15-9/h4-5,17H,14H2,1-3H3. The molecule has 0 spiro atoms. The smallest absolute Gasteiger partial charge is 0.144 e. The number of phenols is 1. The molecule has 1 aromatic carbocycles. The van der Waals surface area contributed by atoms with Gasteiger partial charge in [-0.05, 0) is 13.0 Å². The third kappa shape index (κ3) is 1.86. The van der Waals surface area contributed by atoms with Crippen LogP contribution in [0.4, 0.5) is 5.82 Å². The first-order valence-electron chi connectivity index (χ1n) is 5.31. The minimum Gasteiger partial charge on any atom is -0.507 e. The second kappa shape index (κ2) is 4.42. The number of nitrogens with two attached hydrogens (primary N) is 1. The van der Waals surface area contributed by atoms with Crippen molar-refractivity contribution in [3.8, 4) is 22.8 Å². The maximum Gasteiger partial charge on any atom is 0.144 e. The lowest BCUT2D eigenvalue weighted by Crippen LogP contribution is -1.96. The average Bonchev–Trinajstić information content (AvgIpc) is 2.65. The number of nitrogen functional groups attached to an aromatic ring is 1. The second-order valence-electron chi connectivity index (χ2n) is 3.99. The number of benzene rings is 1. The van der Waals surface area contributed by atoms with Crippen LogP contribution in [-0.2, 0) is 7.05 Å². The van der Waals surface area contributed by atoms with E-state index in [0.717, 1.165) is 0 Å². The molecule has 0 bridgehead atoms. The Morgan fingerprint density at radius 1 is 1.44 bits per heavy atom. The van der Waals surface area contributed by atoms with Crippen molar-refractivity contribution in [3.63, 3.8) is 0 Å². The molecule has 2 rings (SSSR count). The molecule has 0 aliphatic heterocycles. The van der Waals surface area contributed by atoms with Gasteiger partial charge in [0.2, 0.25) is 0 Å². The number of aromatic hydroxyl groups is 1. The highest BCUT2D eigenvalue weighted by Crippen LogP contribution is 2.41. The summed E-state index contributed by atoms with van der Waals surface area (Å²) in [5.41, 5.74) is 7.40. The van der Waals surface area contributed by atoms with Crippen LogP contribution in [0.25, 0.3) is 11.3 Å². The highest BCUT2D eigenvalue weighted by atomic mass is 35.5. The summed E-state index contributed by atoms with van der Waals surface area (Å²) in [5, 5.41) is 14.8. The van der Waals surface area contributed by atoms with E-state index >= 15 is 0 Å². The summed E-state index contributed by atoms with van der Waals surface area (Å²) in [6.07, 6.45) is 0. The molecule has 0 saturated carbocycles. The fourth-order valence-electron chi connectivity index (χ4n) is 1.81. The molecule has 0 fully saturated rings. The highest BCUT2D eigenvalue weighted by Gasteiger charge is 2.17. The Kier molecular flexibility index (Phi) is 3.09. The Bertz CT molecular complexity index is 588. The van der Waals surface area contributed by atoms with Gasteiger partial charge in [0.15, 0.2) is 0 Å². The Morgan fingerprint density at radius 3 is 2.61 bits per heavy atom. The summed E-state index contributed by atoms with van der Waals surface area (Å²) >= 11 is 6.10. The van der Waals surface area contributed by atoms with E-state index in [4.69, 9.17) is 22.1 Å². The zero-order chi connectivity index (χ0) is 13.4. The molecule has 0 aliphatic rings. The topological polar surface area (TPSA) is 73.3 Å². The predicted octanol–water partition coefficient (Wildman–Crippen LogP) is 2.35. The maximum atomic E-state index is 10.2. The zero-order valence-electron chi connectivity index (χ0n) is 10.4. The fourth-order valence-corrected chi connectivity index (χ4v) is 2.14. The predicted molar refractivity (Wildman–Crippen MR) is 71.0 cm³/mol. The molecule has 0 aliphatic carbocycles. The molecule has 1 heterocycles. The van der Waals surface area contributed by atoms with Gasteiger partial charge in [0.05, 0.1) is 17.8 Å². The van der Waals surface area contributed by atoms with Gasteiger partial charge in [0.1, 0.15) is 17.3 Å². The normalized spacial score (nSPS) is 10.7. The number of halogens is 1. The van der Waals surface area contributed by atoms with Crippen molar-refractivity contribution >= 4 is 17.4 Å². The Labute approximate surface area is 110 Å². The van der Waals surface area contributed by atoms with E-state index in [2.05, 4.69) is 5.10 Å². The molecule has 2 aromatic rings. The number of phenolic OH excluding ortho intramolecular Hbond substituents is 1. The zero-order valence-corrected chi connectivity index (χ0v) is 11.1. The summed E-state index contributed by atoms with van der Waals surface area (Å²) in [4.78, 5) is 0. The van der Waals surface area contributed by atoms with Crippen LogP contribution in [0, 0.1) is 6.92 Å². The number of aromatic nitrogens is 2. The minimum absolute atomic E-state index is 0.0920. The van der Waals surface area contributed by atoms with Gasteiger partial charge in [-0.1, -0.05) is 11.6 Å².